The molecule has 0 aliphatic rings. The van der Waals surface area contributed by atoms with Gasteiger partial charge in [-0.2, -0.15) is 0 Å². The number of aliphatic hydroxyl groups excluding tert-OH is 1. The van der Waals surface area contributed by atoms with Gasteiger partial charge in [-0.25, -0.2) is 0 Å². The third kappa shape index (κ3) is 9.91. The van der Waals surface area contributed by atoms with Crippen molar-refractivity contribution in [2.45, 2.75) is 50.8 Å². The Morgan fingerprint density at radius 2 is 0.952 bits per heavy atom. The number of hydrogen-bond donors (Lipinski definition) is 1. The predicted molar refractivity (Wildman–Crippen MR) is 166 cm³/mol. The van der Waals surface area contributed by atoms with Gasteiger partial charge in [-0.05, 0) is 27.8 Å². The molecule has 1 unspecified atom stereocenters. The van der Waals surface area contributed by atoms with Crippen LogP contribution in [0, 0.1) is 0 Å². The minimum Gasteiger partial charge on any atom is -0.386 e. The molecule has 4 rings (SSSR count). The molecule has 5 heteroatoms. The number of ether oxygens (including phenoxy) is 4. The molecule has 0 radical (unpaired) electrons. The van der Waals surface area contributed by atoms with Crippen LogP contribution in [0.1, 0.15) is 22.3 Å². The average molecular weight is 565 g/mol. The molecule has 0 saturated heterocycles. The fraction of sp³-hybridized carbons (Fsp3) is 0.243. The van der Waals surface area contributed by atoms with E-state index in [0.29, 0.717) is 25.4 Å². The Morgan fingerprint density at radius 3 is 1.38 bits per heavy atom. The van der Waals surface area contributed by atoms with Crippen LogP contribution in [-0.4, -0.2) is 36.1 Å². The summed E-state index contributed by atoms with van der Waals surface area (Å²) in [7, 11) is 0. The second-order valence-corrected chi connectivity index (χ2v) is 10.1. The minimum atomic E-state index is -1.02. The lowest BCUT2D eigenvalue weighted by Gasteiger charge is -2.36. The zero-order valence-corrected chi connectivity index (χ0v) is 24.0. The Morgan fingerprint density at radius 1 is 0.571 bits per heavy atom. The summed E-state index contributed by atoms with van der Waals surface area (Å²) in [5.41, 5.74) is 4.73. The Balaban J connectivity index is 1.60. The molecule has 42 heavy (non-hydrogen) atoms. The number of benzene rings is 4. The molecule has 0 saturated carbocycles. The molecule has 0 spiro atoms. The molecule has 0 bridgehead atoms. The first-order valence-electron chi connectivity index (χ1n) is 14.2. The van der Waals surface area contributed by atoms with E-state index in [1.54, 1.807) is 0 Å². The Hall–Kier alpha value is -3.84. The SMILES string of the molecule is C=CC(O)[C@H](OCc1ccccc1)[C@@H](OCc1ccccc1)[C@@H](OCc1ccccc1)C(=C)COCc1ccccc1. The quantitative estimate of drug-likeness (QED) is 0.131. The van der Waals surface area contributed by atoms with Gasteiger partial charge in [0.05, 0.1) is 33.0 Å². The smallest absolute Gasteiger partial charge is 0.117 e. The first-order valence-corrected chi connectivity index (χ1v) is 14.2. The van der Waals surface area contributed by atoms with Crippen molar-refractivity contribution in [3.63, 3.8) is 0 Å². The molecule has 0 fully saturated rings. The normalized spacial score (nSPS) is 14.0. The van der Waals surface area contributed by atoms with E-state index in [1.165, 1.54) is 6.08 Å². The van der Waals surface area contributed by atoms with Crippen molar-refractivity contribution in [3.8, 4) is 0 Å². The molecule has 4 aromatic rings. The van der Waals surface area contributed by atoms with Gasteiger partial charge in [-0.1, -0.05) is 134 Å². The molecule has 218 valence electrons. The third-order valence-corrected chi connectivity index (χ3v) is 6.84. The lowest BCUT2D eigenvalue weighted by molar-refractivity contribution is -0.165. The van der Waals surface area contributed by atoms with Crippen LogP contribution < -0.4 is 0 Å². The first kappa shape index (κ1) is 31.1. The Labute approximate surface area is 249 Å². The fourth-order valence-electron chi connectivity index (χ4n) is 4.57. The van der Waals surface area contributed by atoms with Gasteiger partial charge in [0, 0.05) is 0 Å². The molecule has 0 aliphatic heterocycles. The van der Waals surface area contributed by atoms with E-state index in [2.05, 4.69) is 13.2 Å². The summed E-state index contributed by atoms with van der Waals surface area (Å²) in [5.74, 6) is 0. The van der Waals surface area contributed by atoms with Gasteiger partial charge in [0.1, 0.15) is 24.4 Å². The van der Waals surface area contributed by atoms with Crippen LogP contribution in [0.25, 0.3) is 0 Å². The van der Waals surface area contributed by atoms with Crippen molar-refractivity contribution < 1.29 is 24.1 Å². The molecular weight excluding hydrogens is 524 g/mol. The molecule has 5 nitrogen and oxygen atoms in total. The minimum absolute atomic E-state index is 0.245. The predicted octanol–water partition coefficient (Wildman–Crippen LogP) is 7.06. The lowest BCUT2D eigenvalue weighted by Crippen LogP contribution is -2.49. The third-order valence-electron chi connectivity index (χ3n) is 6.84. The van der Waals surface area contributed by atoms with E-state index in [1.807, 2.05) is 121 Å². The van der Waals surface area contributed by atoms with E-state index in [4.69, 9.17) is 18.9 Å². The van der Waals surface area contributed by atoms with Crippen LogP contribution in [0.3, 0.4) is 0 Å². The van der Waals surface area contributed by atoms with Crippen molar-refractivity contribution in [1.82, 2.24) is 0 Å². The van der Waals surface area contributed by atoms with Gasteiger partial charge in [-0.3, -0.25) is 0 Å². The maximum atomic E-state index is 11.2. The Kier molecular flexibility index (Phi) is 12.7. The van der Waals surface area contributed by atoms with E-state index >= 15 is 0 Å². The van der Waals surface area contributed by atoms with E-state index in [0.717, 1.165) is 22.3 Å². The maximum absolute atomic E-state index is 11.2. The largest absolute Gasteiger partial charge is 0.386 e. The van der Waals surface area contributed by atoms with E-state index in [9.17, 15) is 5.11 Å². The van der Waals surface area contributed by atoms with E-state index < -0.39 is 24.4 Å². The summed E-state index contributed by atoms with van der Waals surface area (Å²) in [5, 5.41) is 11.2. The van der Waals surface area contributed by atoms with Crippen LogP contribution in [0.4, 0.5) is 0 Å². The van der Waals surface area contributed by atoms with Crippen LogP contribution in [0.15, 0.2) is 146 Å². The summed E-state index contributed by atoms with van der Waals surface area (Å²) >= 11 is 0. The maximum Gasteiger partial charge on any atom is 0.117 e. The number of hydrogen-bond acceptors (Lipinski definition) is 5. The molecular formula is C37H40O5. The van der Waals surface area contributed by atoms with Crippen LogP contribution >= 0.6 is 0 Å². The molecule has 4 atom stereocenters. The van der Waals surface area contributed by atoms with Gasteiger partial charge in [-0.15, -0.1) is 6.58 Å². The molecule has 0 amide bonds. The molecule has 0 aliphatic carbocycles. The van der Waals surface area contributed by atoms with Crippen LogP contribution in [0.2, 0.25) is 0 Å². The zero-order valence-electron chi connectivity index (χ0n) is 24.0. The van der Waals surface area contributed by atoms with Crippen LogP contribution in [-0.2, 0) is 45.4 Å². The highest BCUT2D eigenvalue weighted by Crippen LogP contribution is 2.25. The standard InChI is InChI=1S/C37H40O5/c1-3-34(38)36(41-27-32-20-12-6-13-21-32)37(42-28-33-22-14-7-15-23-33)35(40-26-31-18-10-5-11-19-31)29(2)24-39-25-30-16-8-4-9-17-30/h3-23,34-38H,1-2,24-28H2/t34?,35-,36-,37-/m0/s1. The van der Waals surface area contributed by atoms with Crippen molar-refractivity contribution in [2.75, 3.05) is 6.61 Å². The summed E-state index contributed by atoms with van der Waals surface area (Å²) < 4.78 is 25.5. The van der Waals surface area contributed by atoms with Gasteiger partial charge < -0.3 is 24.1 Å². The van der Waals surface area contributed by atoms with Crippen molar-refractivity contribution in [1.29, 1.82) is 0 Å². The monoisotopic (exact) mass is 564 g/mol. The van der Waals surface area contributed by atoms with Crippen molar-refractivity contribution in [3.05, 3.63) is 168 Å². The van der Waals surface area contributed by atoms with Gasteiger partial charge >= 0.3 is 0 Å². The van der Waals surface area contributed by atoms with Crippen molar-refractivity contribution in [2.24, 2.45) is 0 Å². The van der Waals surface area contributed by atoms with E-state index in [-0.39, 0.29) is 13.2 Å². The highest BCUT2D eigenvalue weighted by atomic mass is 16.6. The summed E-state index contributed by atoms with van der Waals surface area (Å²) in [6.45, 7) is 9.79. The first-order chi connectivity index (χ1) is 20.6. The fourth-order valence-corrected chi connectivity index (χ4v) is 4.57. The highest BCUT2D eigenvalue weighted by molar-refractivity contribution is 5.18. The van der Waals surface area contributed by atoms with Gasteiger partial charge in [0.15, 0.2) is 0 Å². The number of rotatable bonds is 18. The Bertz CT molecular complexity index is 1310. The second kappa shape index (κ2) is 17.2. The average Bonchev–Trinajstić information content (AvgIpc) is 3.05. The zero-order chi connectivity index (χ0) is 29.4. The molecule has 4 aromatic carbocycles. The number of aliphatic hydroxyl groups is 1. The molecule has 0 aromatic heterocycles. The summed E-state index contributed by atoms with van der Waals surface area (Å²) in [6, 6.07) is 39.7. The van der Waals surface area contributed by atoms with Gasteiger partial charge in [0.2, 0.25) is 0 Å². The summed E-state index contributed by atoms with van der Waals surface area (Å²) in [4.78, 5) is 0. The molecule has 1 N–H and O–H groups in total. The highest BCUT2D eigenvalue weighted by Gasteiger charge is 2.37. The topological polar surface area (TPSA) is 57.2 Å². The lowest BCUT2D eigenvalue weighted by atomic mass is 9.97. The summed E-state index contributed by atoms with van der Waals surface area (Å²) in [6.07, 6.45) is -1.72. The molecule has 0 heterocycles. The van der Waals surface area contributed by atoms with Crippen molar-refractivity contribution >= 4 is 0 Å². The van der Waals surface area contributed by atoms with Gasteiger partial charge in [0.25, 0.3) is 0 Å². The second-order valence-electron chi connectivity index (χ2n) is 10.1. The van der Waals surface area contributed by atoms with Crippen LogP contribution in [0.5, 0.6) is 0 Å².